The minimum Gasteiger partial charge on any atom is -0.462 e. The van der Waals surface area contributed by atoms with Crippen molar-refractivity contribution in [2.24, 2.45) is 0 Å². The van der Waals surface area contributed by atoms with E-state index in [2.05, 4.69) is 25.8 Å². The highest BCUT2D eigenvalue weighted by molar-refractivity contribution is 5.89. The van der Waals surface area contributed by atoms with Gasteiger partial charge in [0, 0.05) is 18.8 Å². The van der Waals surface area contributed by atoms with E-state index in [1.165, 1.54) is 6.20 Å². The second-order valence-corrected chi connectivity index (χ2v) is 5.60. The smallest absolute Gasteiger partial charge is 0.338 e. The number of carbonyl (C=O) groups excluding carboxylic acids is 1. The molecule has 3 rings (SSSR count). The van der Waals surface area contributed by atoms with Crippen LogP contribution in [0.3, 0.4) is 0 Å². The summed E-state index contributed by atoms with van der Waals surface area (Å²) in [4.78, 5) is 16.0. The van der Waals surface area contributed by atoms with E-state index in [9.17, 15) is 4.79 Å². The molecule has 25 heavy (non-hydrogen) atoms. The number of esters is 1. The molecule has 0 radical (unpaired) electrons. The van der Waals surface area contributed by atoms with Crippen LogP contribution in [-0.4, -0.2) is 47.0 Å². The fourth-order valence-corrected chi connectivity index (χ4v) is 2.50. The molecule has 8 nitrogen and oxygen atoms in total. The van der Waals surface area contributed by atoms with Crippen molar-refractivity contribution in [2.45, 2.75) is 25.9 Å². The Balaban J connectivity index is 1.58. The van der Waals surface area contributed by atoms with Gasteiger partial charge in [0.1, 0.15) is 0 Å². The fraction of sp³-hybridized carbons (Fsp3) is 0.412. The largest absolute Gasteiger partial charge is 0.462 e. The van der Waals surface area contributed by atoms with Crippen molar-refractivity contribution in [3.8, 4) is 0 Å². The van der Waals surface area contributed by atoms with E-state index < -0.39 is 0 Å². The van der Waals surface area contributed by atoms with Gasteiger partial charge in [-0.3, -0.25) is 0 Å². The number of benzene rings is 1. The predicted molar refractivity (Wildman–Crippen MR) is 93.0 cm³/mol. The van der Waals surface area contributed by atoms with E-state index in [1.807, 2.05) is 0 Å². The number of anilines is 3. The van der Waals surface area contributed by atoms with Crippen molar-refractivity contribution in [3.63, 3.8) is 0 Å². The van der Waals surface area contributed by atoms with Crippen molar-refractivity contribution < 1.29 is 14.3 Å². The van der Waals surface area contributed by atoms with E-state index in [0.29, 0.717) is 30.5 Å². The van der Waals surface area contributed by atoms with Crippen LogP contribution in [0.5, 0.6) is 0 Å². The molecule has 1 atom stereocenters. The maximum atomic E-state index is 11.6. The highest BCUT2D eigenvalue weighted by Gasteiger charge is 2.15. The van der Waals surface area contributed by atoms with Gasteiger partial charge >= 0.3 is 5.97 Å². The minimum atomic E-state index is -0.335. The van der Waals surface area contributed by atoms with E-state index in [4.69, 9.17) is 9.47 Å². The Morgan fingerprint density at radius 1 is 1.36 bits per heavy atom. The summed E-state index contributed by atoms with van der Waals surface area (Å²) in [5.41, 5.74) is 1.30. The normalized spacial score (nSPS) is 16.4. The number of nitrogens with zero attached hydrogens (tertiary/aromatic N) is 3. The van der Waals surface area contributed by atoms with Gasteiger partial charge in [-0.2, -0.15) is 10.1 Å². The van der Waals surface area contributed by atoms with Crippen molar-refractivity contribution in [1.29, 1.82) is 0 Å². The first-order valence-corrected chi connectivity index (χ1v) is 8.34. The number of ether oxygens (including phenoxy) is 2. The van der Waals surface area contributed by atoms with Gasteiger partial charge in [-0.25, -0.2) is 4.79 Å². The average Bonchev–Trinajstić information content (AvgIpc) is 3.15. The van der Waals surface area contributed by atoms with Crippen LogP contribution in [0.2, 0.25) is 0 Å². The second-order valence-electron chi connectivity index (χ2n) is 5.60. The predicted octanol–water partition coefficient (Wildman–Crippen LogP) is 2.38. The maximum Gasteiger partial charge on any atom is 0.338 e. The summed E-state index contributed by atoms with van der Waals surface area (Å²) in [6.07, 6.45) is 3.88. The molecule has 2 heterocycles. The van der Waals surface area contributed by atoms with Crippen LogP contribution >= 0.6 is 0 Å². The van der Waals surface area contributed by atoms with Crippen LogP contribution in [0.4, 0.5) is 17.5 Å². The first kappa shape index (κ1) is 17.1. The summed E-state index contributed by atoms with van der Waals surface area (Å²) in [5.74, 6) is 0.677. The van der Waals surface area contributed by atoms with Gasteiger partial charge in [0.15, 0.2) is 5.82 Å². The molecular formula is C17H21N5O3. The summed E-state index contributed by atoms with van der Waals surface area (Å²) in [7, 11) is 0. The first-order valence-electron chi connectivity index (χ1n) is 8.34. The molecule has 132 valence electrons. The van der Waals surface area contributed by atoms with Crippen LogP contribution in [0.25, 0.3) is 0 Å². The maximum absolute atomic E-state index is 11.6. The zero-order valence-corrected chi connectivity index (χ0v) is 14.1. The molecule has 2 aromatic rings. The molecule has 1 aliphatic rings. The van der Waals surface area contributed by atoms with Gasteiger partial charge in [-0.15, -0.1) is 5.10 Å². The number of carbonyl (C=O) groups is 1. The third-order valence-electron chi connectivity index (χ3n) is 3.74. The van der Waals surface area contributed by atoms with Crippen molar-refractivity contribution >= 4 is 23.4 Å². The van der Waals surface area contributed by atoms with Crippen LogP contribution in [-0.2, 0) is 9.47 Å². The number of aromatic nitrogens is 3. The molecule has 0 amide bonds. The van der Waals surface area contributed by atoms with E-state index in [1.54, 1.807) is 31.2 Å². The molecular weight excluding hydrogens is 322 g/mol. The zero-order chi connectivity index (χ0) is 17.5. The quantitative estimate of drug-likeness (QED) is 0.740. The summed E-state index contributed by atoms with van der Waals surface area (Å²) in [6.45, 7) is 3.61. The summed E-state index contributed by atoms with van der Waals surface area (Å²) < 4.78 is 10.5. The monoisotopic (exact) mass is 343 g/mol. The average molecular weight is 343 g/mol. The van der Waals surface area contributed by atoms with E-state index >= 15 is 0 Å². The lowest BCUT2D eigenvalue weighted by atomic mass is 10.2. The Kier molecular flexibility index (Phi) is 5.73. The van der Waals surface area contributed by atoms with Gasteiger partial charge in [-0.05, 0) is 44.0 Å². The van der Waals surface area contributed by atoms with Gasteiger partial charge in [0.2, 0.25) is 5.95 Å². The molecule has 0 spiro atoms. The lowest BCUT2D eigenvalue weighted by molar-refractivity contribution is 0.0526. The van der Waals surface area contributed by atoms with Crippen molar-refractivity contribution in [3.05, 3.63) is 36.0 Å². The Morgan fingerprint density at radius 2 is 2.20 bits per heavy atom. The standard InChI is InChI=1S/C17H21N5O3/c1-2-24-16(23)12-5-7-13(8-6-12)20-15-11-19-22-17(21-15)18-10-14-4-3-9-25-14/h5-8,11,14H,2-4,9-10H2,1H3,(H2,18,20,21,22). The molecule has 1 saturated heterocycles. The van der Waals surface area contributed by atoms with Crippen molar-refractivity contribution in [2.75, 3.05) is 30.4 Å². The lowest BCUT2D eigenvalue weighted by Gasteiger charge is -2.11. The molecule has 0 aliphatic carbocycles. The molecule has 8 heteroatoms. The Labute approximate surface area is 146 Å². The molecule has 0 saturated carbocycles. The second kappa shape index (κ2) is 8.39. The number of rotatable bonds is 7. The molecule has 1 aromatic heterocycles. The Bertz CT molecular complexity index is 702. The topological polar surface area (TPSA) is 98.3 Å². The number of hydrogen-bond acceptors (Lipinski definition) is 8. The van der Waals surface area contributed by atoms with Crippen LogP contribution in [0.15, 0.2) is 30.5 Å². The molecule has 1 fully saturated rings. The number of hydrogen-bond donors (Lipinski definition) is 2. The number of nitrogens with one attached hydrogen (secondary N) is 2. The fourth-order valence-electron chi connectivity index (χ4n) is 2.50. The lowest BCUT2D eigenvalue weighted by Crippen LogP contribution is -2.20. The SMILES string of the molecule is CCOC(=O)c1ccc(Nc2cnnc(NCC3CCCO3)n2)cc1. The van der Waals surface area contributed by atoms with Crippen molar-refractivity contribution in [1.82, 2.24) is 15.2 Å². The van der Waals surface area contributed by atoms with Crippen LogP contribution in [0, 0.1) is 0 Å². The minimum absolute atomic E-state index is 0.204. The molecule has 1 aromatic carbocycles. The zero-order valence-electron chi connectivity index (χ0n) is 14.1. The summed E-state index contributed by atoms with van der Waals surface area (Å²) >= 11 is 0. The van der Waals surface area contributed by atoms with Gasteiger partial charge in [-0.1, -0.05) is 0 Å². The Hall–Kier alpha value is -2.74. The highest BCUT2D eigenvalue weighted by Crippen LogP contribution is 2.16. The van der Waals surface area contributed by atoms with Gasteiger partial charge in [0.25, 0.3) is 0 Å². The summed E-state index contributed by atoms with van der Waals surface area (Å²) in [5, 5.41) is 14.2. The highest BCUT2D eigenvalue weighted by atomic mass is 16.5. The van der Waals surface area contributed by atoms with Crippen LogP contribution < -0.4 is 10.6 Å². The van der Waals surface area contributed by atoms with E-state index in [0.717, 1.165) is 25.1 Å². The van der Waals surface area contributed by atoms with E-state index in [-0.39, 0.29) is 12.1 Å². The Morgan fingerprint density at radius 3 is 2.92 bits per heavy atom. The molecule has 1 unspecified atom stereocenters. The summed E-state index contributed by atoms with van der Waals surface area (Å²) in [6, 6.07) is 6.97. The van der Waals surface area contributed by atoms with Gasteiger partial charge < -0.3 is 20.1 Å². The molecule has 0 bridgehead atoms. The first-order chi connectivity index (χ1) is 12.2. The van der Waals surface area contributed by atoms with Gasteiger partial charge in [0.05, 0.1) is 24.5 Å². The molecule has 1 aliphatic heterocycles. The third-order valence-corrected chi connectivity index (χ3v) is 3.74. The molecule has 2 N–H and O–H groups in total. The van der Waals surface area contributed by atoms with Crippen LogP contribution in [0.1, 0.15) is 30.1 Å². The third kappa shape index (κ3) is 4.87.